The molecule has 0 radical (unpaired) electrons. The van der Waals surface area contributed by atoms with Gasteiger partial charge < -0.3 is 25.2 Å². The molecule has 0 bridgehead atoms. The van der Waals surface area contributed by atoms with Gasteiger partial charge in [0.05, 0.1) is 11.5 Å². The van der Waals surface area contributed by atoms with Gasteiger partial charge in [-0.1, -0.05) is 55.0 Å². The molecule has 8 heteroatoms. The summed E-state index contributed by atoms with van der Waals surface area (Å²) in [6.07, 6.45) is 0.679. The Hall–Kier alpha value is -3.39. The van der Waals surface area contributed by atoms with Crippen molar-refractivity contribution in [3.8, 4) is 11.1 Å². The lowest BCUT2D eigenvalue weighted by Gasteiger charge is -2.41. The first-order chi connectivity index (χ1) is 16.4. The Morgan fingerprint density at radius 2 is 1.65 bits per heavy atom. The molecule has 0 saturated heterocycles. The van der Waals surface area contributed by atoms with Gasteiger partial charge >= 0.3 is 12.1 Å². The van der Waals surface area contributed by atoms with E-state index in [1.807, 2.05) is 24.3 Å². The number of rotatable bonds is 9. The summed E-state index contributed by atoms with van der Waals surface area (Å²) < 4.78 is 10.6. The van der Waals surface area contributed by atoms with Crippen molar-refractivity contribution in [2.75, 3.05) is 20.3 Å². The van der Waals surface area contributed by atoms with Crippen LogP contribution in [0.15, 0.2) is 48.5 Å². The smallest absolute Gasteiger partial charge is 0.407 e. The fourth-order valence-corrected chi connectivity index (χ4v) is 4.79. The predicted molar refractivity (Wildman–Crippen MR) is 125 cm³/mol. The number of ether oxygens (including phenoxy) is 2. The van der Waals surface area contributed by atoms with Crippen LogP contribution < -0.4 is 10.6 Å². The topological polar surface area (TPSA) is 114 Å². The van der Waals surface area contributed by atoms with Crippen LogP contribution in [0, 0.1) is 5.41 Å². The number of nitrogens with one attached hydrogen (secondary N) is 2. The third-order valence-electron chi connectivity index (χ3n) is 7.10. The van der Waals surface area contributed by atoms with Crippen molar-refractivity contribution >= 4 is 18.0 Å². The van der Waals surface area contributed by atoms with Gasteiger partial charge in [0.1, 0.15) is 6.61 Å². The first-order valence-corrected chi connectivity index (χ1v) is 11.5. The number of amides is 2. The molecule has 0 aliphatic heterocycles. The van der Waals surface area contributed by atoms with Gasteiger partial charge in [-0.05, 0) is 42.0 Å². The molecular formula is C26H30N2O6. The zero-order chi connectivity index (χ0) is 24.3. The highest BCUT2D eigenvalue weighted by Crippen LogP contribution is 2.44. The number of carboxylic acids is 1. The number of aliphatic carboxylic acids is 1. The lowest BCUT2D eigenvalue weighted by atomic mass is 9.68. The number of hydrogen-bond acceptors (Lipinski definition) is 5. The van der Waals surface area contributed by atoms with Crippen molar-refractivity contribution in [1.29, 1.82) is 0 Å². The van der Waals surface area contributed by atoms with Gasteiger partial charge in [-0.15, -0.1) is 0 Å². The van der Waals surface area contributed by atoms with Crippen molar-refractivity contribution in [2.45, 2.75) is 44.2 Å². The van der Waals surface area contributed by atoms with E-state index < -0.39 is 35.5 Å². The summed E-state index contributed by atoms with van der Waals surface area (Å²) in [5, 5.41) is 14.7. The van der Waals surface area contributed by atoms with Crippen LogP contribution in [0.5, 0.6) is 0 Å². The fourth-order valence-electron chi connectivity index (χ4n) is 4.79. The number of hydrogen-bond donors (Lipinski definition) is 3. The molecule has 3 N–H and O–H groups in total. The molecule has 8 nitrogen and oxygen atoms in total. The lowest BCUT2D eigenvalue weighted by Crippen LogP contribution is -2.58. The Labute approximate surface area is 198 Å². The van der Waals surface area contributed by atoms with Crippen molar-refractivity contribution in [1.82, 2.24) is 10.6 Å². The summed E-state index contributed by atoms with van der Waals surface area (Å²) in [7, 11) is 1.39. The Morgan fingerprint density at radius 3 is 2.15 bits per heavy atom. The highest BCUT2D eigenvalue weighted by Gasteiger charge is 2.46. The summed E-state index contributed by atoms with van der Waals surface area (Å²) in [6.45, 7) is 1.86. The monoisotopic (exact) mass is 466 g/mol. The summed E-state index contributed by atoms with van der Waals surface area (Å²) in [5.41, 5.74) is 3.70. The van der Waals surface area contributed by atoms with Gasteiger partial charge in [-0.25, -0.2) is 9.59 Å². The zero-order valence-electron chi connectivity index (χ0n) is 19.4. The summed E-state index contributed by atoms with van der Waals surface area (Å²) in [5.74, 6) is -1.61. The van der Waals surface area contributed by atoms with E-state index in [-0.39, 0.29) is 19.1 Å². The fraction of sp³-hybridized carbons (Fsp3) is 0.423. The molecule has 0 unspecified atom stereocenters. The van der Waals surface area contributed by atoms with Crippen molar-refractivity contribution in [3.05, 3.63) is 59.7 Å². The van der Waals surface area contributed by atoms with E-state index in [9.17, 15) is 19.5 Å². The van der Waals surface area contributed by atoms with Crippen LogP contribution in [-0.2, 0) is 19.1 Å². The molecule has 0 heterocycles. The Bertz CT molecular complexity index is 1030. The molecule has 1 fully saturated rings. The van der Waals surface area contributed by atoms with Gasteiger partial charge in [0.2, 0.25) is 5.91 Å². The maximum Gasteiger partial charge on any atom is 0.407 e. The second kappa shape index (κ2) is 9.85. The molecule has 180 valence electrons. The van der Waals surface area contributed by atoms with Gasteiger partial charge in [0.15, 0.2) is 6.04 Å². The van der Waals surface area contributed by atoms with E-state index in [0.29, 0.717) is 12.8 Å². The van der Waals surface area contributed by atoms with Crippen LogP contribution in [0.4, 0.5) is 4.79 Å². The van der Waals surface area contributed by atoms with Crippen molar-refractivity contribution < 1.29 is 29.0 Å². The molecule has 0 spiro atoms. The Morgan fingerprint density at radius 1 is 1.06 bits per heavy atom. The Kier molecular flexibility index (Phi) is 6.88. The van der Waals surface area contributed by atoms with Crippen LogP contribution in [0.2, 0.25) is 0 Å². The van der Waals surface area contributed by atoms with Crippen molar-refractivity contribution in [2.24, 2.45) is 5.41 Å². The third-order valence-corrected chi connectivity index (χ3v) is 7.10. The molecule has 2 aromatic rings. The molecule has 2 aromatic carbocycles. The molecule has 0 aromatic heterocycles. The average molecular weight is 467 g/mol. The largest absolute Gasteiger partial charge is 0.480 e. The number of carbonyl (C=O) groups excluding carboxylic acids is 2. The third kappa shape index (κ3) is 4.50. The number of methoxy groups -OCH3 is 1. The number of carbonyl (C=O) groups is 3. The van der Waals surface area contributed by atoms with Crippen LogP contribution >= 0.6 is 0 Å². The second-order valence-electron chi connectivity index (χ2n) is 9.04. The van der Waals surface area contributed by atoms with Crippen LogP contribution in [0.1, 0.15) is 43.2 Å². The van der Waals surface area contributed by atoms with Crippen LogP contribution in [0.3, 0.4) is 0 Å². The van der Waals surface area contributed by atoms with Crippen molar-refractivity contribution in [3.63, 3.8) is 0 Å². The highest BCUT2D eigenvalue weighted by atomic mass is 16.5. The molecule has 1 saturated carbocycles. The minimum absolute atomic E-state index is 0.0500. The average Bonchev–Trinajstić information content (AvgIpc) is 3.13. The summed E-state index contributed by atoms with van der Waals surface area (Å²) in [6, 6.07) is 15.0. The molecule has 4 rings (SSSR count). The number of carboxylic acid groups (broad SMARTS) is 1. The predicted octanol–water partition coefficient (Wildman–Crippen LogP) is 3.30. The molecule has 2 aliphatic rings. The standard InChI is InChI=1S/C26H30N2O6/c1-16(33-2)22(23(29)30)28-24(31)26(12-7-13-26)15-27-25(32)34-14-21-19-10-5-3-8-17(19)18-9-4-6-11-20(18)21/h3-6,8-11,16,21-22H,7,12-15H2,1-2H3,(H,27,32)(H,28,31)(H,29,30)/t16-,22+/m1/s1. The Balaban J connectivity index is 1.36. The van der Waals surface area contributed by atoms with E-state index in [0.717, 1.165) is 28.7 Å². The van der Waals surface area contributed by atoms with E-state index >= 15 is 0 Å². The first-order valence-electron chi connectivity index (χ1n) is 11.5. The zero-order valence-corrected chi connectivity index (χ0v) is 19.4. The molecule has 34 heavy (non-hydrogen) atoms. The highest BCUT2D eigenvalue weighted by molar-refractivity contribution is 5.89. The van der Waals surface area contributed by atoms with E-state index in [1.165, 1.54) is 7.11 Å². The quantitative estimate of drug-likeness (QED) is 0.523. The number of fused-ring (bicyclic) bond motifs is 3. The van der Waals surface area contributed by atoms with Gasteiger partial charge in [0, 0.05) is 19.6 Å². The van der Waals surface area contributed by atoms with Crippen LogP contribution in [-0.4, -0.2) is 55.5 Å². The van der Waals surface area contributed by atoms with E-state index in [2.05, 4.69) is 34.9 Å². The summed E-state index contributed by atoms with van der Waals surface area (Å²) in [4.78, 5) is 37.0. The lowest BCUT2D eigenvalue weighted by molar-refractivity contribution is -0.149. The molecule has 2 amide bonds. The SMILES string of the molecule is CO[C@H](C)[C@H](NC(=O)C1(CNC(=O)OCC2c3ccccc3-c3ccccc32)CCC1)C(=O)O. The normalized spacial score (nSPS) is 17.5. The van der Waals surface area contributed by atoms with Gasteiger partial charge in [-0.3, -0.25) is 4.79 Å². The van der Waals surface area contributed by atoms with E-state index in [1.54, 1.807) is 6.92 Å². The first kappa shape index (κ1) is 23.8. The van der Waals surface area contributed by atoms with Gasteiger partial charge in [-0.2, -0.15) is 0 Å². The van der Waals surface area contributed by atoms with Crippen LogP contribution in [0.25, 0.3) is 11.1 Å². The number of alkyl carbamates (subject to hydrolysis) is 1. The maximum atomic E-state index is 12.9. The minimum atomic E-state index is -1.17. The molecular weight excluding hydrogens is 436 g/mol. The second-order valence-corrected chi connectivity index (χ2v) is 9.04. The van der Waals surface area contributed by atoms with Gasteiger partial charge in [0.25, 0.3) is 0 Å². The molecule has 2 atom stereocenters. The molecule has 2 aliphatic carbocycles. The van der Waals surface area contributed by atoms with E-state index in [4.69, 9.17) is 9.47 Å². The summed E-state index contributed by atoms with van der Waals surface area (Å²) >= 11 is 0. The maximum absolute atomic E-state index is 12.9. The minimum Gasteiger partial charge on any atom is -0.480 e. The number of benzene rings is 2.